The minimum absolute atomic E-state index is 0.206. The van der Waals surface area contributed by atoms with Crippen LogP contribution in [0.25, 0.3) is 0 Å². The molecule has 0 aliphatic carbocycles. The van der Waals surface area contributed by atoms with Crippen LogP contribution in [-0.2, 0) is 28.8 Å². The molecular weight excluding hydrogens is 769 g/mol. The Morgan fingerprint density at radius 2 is 0.517 bits per heavy atom. The lowest BCUT2D eigenvalue weighted by molar-refractivity contribution is -0.135. The van der Waals surface area contributed by atoms with Crippen molar-refractivity contribution in [3.8, 4) is 0 Å². The van der Waals surface area contributed by atoms with E-state index >= 15 is 0 Å². The SMILES string of the molecule is CC.CC.CNC(CCCCN)C(=O)NC(CCCCN)C(=O)NC(CCCCN)C(=O)NC(CCCCN)C(=O)NC(CCCCN)C(=O)NC(CCCCN)C(C)=O. The highest BCUT2D eigenvalue weighted by molar-refractivity contribution is 5.96. The van der Waals surface area contributed by atoms with Gasteiger partial charge in [-0.05, 0) is 162 Å². The van der Waals surface area contributed by atoms with Gasteiger partial charge in [0.05, 0.1) is 12.1 Å². The molecule has 354 valence electrons. The van der Waals surface area contributed by atoms with E-state index in [1.807, 2.05) is 27.7 Å². The number of nitrogens with one attached hydrogen (secondary N) is 6. The molecule has 5 amide bonds. The van der Waals surface area contributed by atoms with Crippen molar-refractivity contribution in [1.29, 1.82) is 0 Å². The number of ketones is 1. The summed E-state index contributed by atoms with van der Waals surface area (Å²) in [5.74, 6) is -2.77. The number of rotatable bonds is 36. The summed E-state index contributed by atoms with van der Waals surface area (Å²) in [4.78, 5) is 80.8. The Bertz CT molecular complexity index is 1120. The first-order valence-electron chi connectivity index (χ1n) is 22.8. The van der Waals surface area contributed by atoms with Crippen LogP contribution >= 0.6 is 0 Å². The zero-order valence-electron chi connectivity index (χ0n) is 38.3. The number of carbonyl (C=O) groups excluding carboxylic acids is 6. The zero-order chi connectivity index (χ0) is 46.1. The van der Waals surface area contributed by atoms with Gasteiger partial charge >= 0.3 is 0 Å². The topological polar surface area (TPSA) is 331 Å². The van der Waals surface area contributed by atoms with Crippen molar-refractivity contribution in [1.82, 2.24) is 31.9 Å². The summed E-state index contributed by atoms with van der Waals surface area (Å²) in [6.07, 6.45) is 9.38. The Kier molecular flexibility index (Phi) is 43.2. The van der Waals surface area contributed by atoms with Gasteiger partial charge in [0.2, 0.25) is 29.5 Å². The van der Waals surface area contributed by atoms with Gasteiger partial charge in [-0.2, -0.15) is 0 Å². The van der Waals surface area contributed by atoms with Crippen molar-refractivity contribution in [3.05, 3.63) is 0 Å². The van der Waals surface area contributed by atoms with E-state index in [-0.39, 0.29) is 31.0 Å². The summed E-state index contributed by atoms with van der Waals surface area (Å²) in [6, 6.07) is -5.31. The van der Waals surface area contributed by atoms with Gasteiger partial charge < -0.3 is 66.3 Å². The molecule has 0 heterocycles. The van der Waals surface area contributed by atoms with Crippen molar-refractivity contribution in [3.63, 3.8) is 0 Å². The van der Waals surface area contributed by atoms with Crippen LogP contribution < -0.4 is 66.3 Å². The van der Waals surface area contributed by atoms with E-state index in [0.29, 0.717) is 123 Å². The summed E-state index contributed by atoms with van der Waals surface area (Å²) < 4.78 is 0. The lowest BCUT2D eigenvalue weighted by atomic mass is 10.0. The third-order valence-electron chi connectivity index (χ3n) is 9.69. The maximum Gasteiger partial charge on any atom is 0.243 e. The van der Waals surface area contributed by atoms with Gasteiger partial charge in [-0.15, -0.1) is 0 Å². The van der Waals surface area contributed by atoms with Crippen LogP contribution in [0.15, 0.2) is 0 Å². The van der Waals surface area contributed by atoms with Crippen LogP contribution in [-0.4, -0.2) is 118 Å². The Balaban J connectivity index is -0.00000786. The maximum atomic E-state index is 14.0. The maximum absolute atomic E-state index is 14.0. The van der Waals surface area contributed by atoms with Crippen molar-refractivity contribution in [2.45, 2.75) is 186 Å². The van der Waals surface area contributed by atoms with Crippen LogP contribution in [0, 0.1) is 0 Å². The molecule has 0 aromatic carbocycles. The first-order chi connectivity index (χ1) is 28.9. The number of carbonyl (C=O) groups is 6. The molecule has 0 saturated heterocycles. The molecule has 0 aromatic heterocycles. The highest BCUT2D eigenvalue weighted by Gasteiger charge is 2.32. The molecule has 60 heavy (non-hydrogen) atoms. The Hall–Kier alpha value is -3.26. The molecule has 0 aliphatic rings. The number of likely N-dealkylation sites (N-methyl/N-ethyl adjacent to an activating group) is 1. The third kappa shape index (κ3) is 29.9. The van der Waals surface area contributed by atoms with Gasteiger partial charge in [0, 0.05) is 0 Å². The monoisotopic (exact) mass is 859 g/mol. The minimum atomic E-state index is -1.06. The van der Waals surface area contributed by atoms with Crippen molar-refractivity contribution in [2.24, 2.45) is 34.4 Å². The largest absolute Gasteiger partial charge is 0.345 e. The number of hydrogen-bond donors (Lipinski definition) is 12. The summed E-state index contributed by atoms with van der Waals surface area (Å²) in [5.41, 5.74) is 34.1. The molecule has 0 aliphatic heterocycles. The third-order valence-corrected chi connectivity index (χ3v) is 9.69. The van der Waals surface area contributed by atoms with Gasteiger partial charge in [0.25, 0.3) is 0 Å². The molecule has 18 N–H and O–H groups in total. The van der Waals surface area contributed by atoms with E-state index in [9.17, 15) is 28.8 Å². The summed E-state index contributed by atoms with van der Waals surface area (Å²) >= 11 is 0. The summed E-state index contributed by atoms with van der Waals surface area (Å²) in [7, 11) is 1.68. The Labute approximate surface area is 362 Å². The molecule has 18 nitrogen and oxygen atoms in total. The first kappa shape index (κ1) is 61.0. The molecule has 6 unspecified atom stereocenters. The molecule has 0 radical (unpaired) electrons. The van der Waals surface area contributed by atoms with Crippen LogP contribution in [0.3, 0.4) is 0 Å². The molecule has 0 bridgehead atoms. The minimum Gasteiger partial charge on any atom is -0.345 e. The Morgan fingerprint density at radius 1 is 0.333 bits per heavy atom. The first-order valence-corrected chi connectivity index (χ1v) is 22.8. The highest BCUT2D eigenvalue weighted by atomic mass is 16.2. The summed E-state index contributed by atoms with van der Waals surface area (Å²) in [6.45, 7) is 11.9. The van der Waals surface area contributed by atoms with E-state index in [2.05, 4.69) is 31.9 Å². The van der Waals surface area contributed by atoms with Crippen LogP contribution in [0.2, 0.25) is 0 Å². The van der Waals surface area contributed by atoms with Gasteiger partial charge in [0.15, 0.2) is 5.78 Å². The normalized spacial score (nSPS) is 13.7. The van der Waals surface area contributed by atoms with Crippen molar-refractivity contribution < 1.29 is 28.8 Å². The molecule has 18 heteroatoms. The Morgan fingerprint density at radius 3 is 0.717 bits per heavy atom. The fourth-order valence-electron chi connectivity index (χ4n) is 6.18. The van der Waals surface area contributed by atoms with E-state index in [1.165, 1.54) is 6.92 Å². The second-order valence-electron chi connectivity index (χ2n) is 14.5. The smallest absolute Gasteiger partial charge is 0.243 e. The standard InChI is InChI=1S/C38H78N12O6.2C2H6/c1-27(51)28(15-3-9-21-39)46-35(53)30(17-5-11-23-41)48-37(55)32(19-7-13-25-43)50-38(56)33(20-8-14-26-44)49-36(54)31(18-6-12-24-42)47-34(52)29(45-2)16-4-10-22-40;2*1-2/h28-33,45H,3-26,39-44H2,1-2H3,(H,46,53)(H,47,52)(H,48,55)(H,49,54)(H,50,56);2*1-2H3. The number of nitrogens with two attached hydrogens (primary N) is 6. The fraction of sp³-hybridized carbons (Fsp3) is 0.857. The molecule has 0 aromatic rings. The van der Waals surface area contributed by atoms with E-state index in [1.54, 1.807) is 7.05 Å². The van der Waals surface area contributed by atoms with Crippen molar-refractivity contribution in [2.75, 3.05) is 46.3 Å². The van der Waals surface area contributed by atoms with Gasteiger partial charge in [-0.25, -0.2) is 0 Å². The highest BCUT2D eigenvalue weighted by Crippen LogP contribution is 2.11. The molecule has 0 saturated carbocycles. The fourth-order valence-corrected chi connectivity index (χ4v) is 6.18. The molecule has 0 spiro atoms. The van der Waals surface area contributed by atoms with Crippen LogP contribution in [0.1, 0.15) is 150 Å². The van der Waals surface area contributed by atoms with Gasteiger partial charge in [-0.3, -0.25) is 28.8 Å². The number of hydrogen-bond acceptors (Lipinski definition) is 13. The summed E-state index contributed by atoms with van der Waals surface area (Å²) in [5, 5.41) is 17.1. The van der Waals surface area contributed by atoms with Gasteiger partial charge in [-0.1, -0.05) is 34.1 Å². The van der Waals surface area contributed by atoms with Crippen LogP contribution in [0.5, 0.6) is 0 Å². The van der Waals surface area contributed by atoms with Gasteiger partial charge in [0.1, 0.15) is 24.2 Å². The second-order valence-corrected chi connectivity index (χ2v) is 14.5. The van der Waals surface area contributed by atoms with E-state index < -0.39 is 59.9 Å². The quantitative estimate of drug-likeness (QED) is 0.0381. The number of unbranched alkanes of at least 4 members (excludes halogenated alkanes) is 6. The molecule has 0 rings (SSSR count). The average Bonchev–Trinajstić information content (AvgIpc) is 3.24. The number of amides is 5. The number of Topliss-reactive ketones (excluding diaryl/α,β-unsaturated/α-hetero) is 1. The molecular formula is C42H90N12O6. The predicted molar refractivity (Wildman–Crippen MR) is 243 cm³/mol. The molecule has 6 atom stereocenters. The zero-order valence-corrected chi connectivity index (χ0v) is 38.3. The predicted octanol–water partition coefficient (Wildman–Crippen LogP) is 0.414. The van der Waals surface area contributed by atoms with Crippen molar-refractivity contribution >= 4 is 35.3 Å². The van der Waals surface area contributed by atoms with E-state index in [4.69, 9.17) is 34.4 Å². The second kappa shape index (κ2) is 42.4. The average molecular weight is 859 g/mol. The lowest BCUT2D eigenvalue weighted by Gasteiger charge is -2.28. The van der Waals surface area contributed by atoms with E-state index in [0.717, 1.165) is 12.8 Å². The van der Waals surface area contributed by atoms with Crippen LogP contribution in [0.4, 0.5) is 0 Å². The lowest BCUT2D eigenvalue weighted by Crippen LogP contribution is -2.59. The molecule has 0 fully saturated rings.